The minimum absolute atomic E-state index is 0.265. The van der Waals surface area contributed by atoms with Gasteiger partial charge < -0.3 is 10.2 Å². The van der Waals surface area contributed by atoms with Crippen LogP contribution in [0.25, 0.3) is 0 Å². The van der Waals surface area contributed by atoms with Crippen LogP contribution in [0, 0.1) is 5.92 Å². The maximum Gasteiger partial charge on any atom is 0.250 e. The van der Waals surface area contributed by atoms with E-state index in [0.717, 1.165) is 58.3 Å². The molecule has 5 heteroatoms. The van der Waals surface area contributed by atoms with Crippen molar-refractivity contribution in [2.24, 2.45) is 5.92 Å². The van der Waals surface area contributed by atoms with Crippen LogP contribution in [0.5, 0.6) is 0 Å². The largest absolute Gasteiger partial charge is 0.341 e. The average Bonchev–Trinajstić information content (AvgIpc) is 3.25. The van der Waals surface area contributed by atoms with E-state index in [0.29, 0.717) is 5.92 Å². The Morgan fingerprint density at radius 3 is 2.50 bits per heavy atom. The number of rotatable bonds is 4. The van der Waals surface area contributed by atoms with Crippen LogP contribution in [0.1, 0.15) is 31.2 Å². The monoisotopic (exact) mass is 352 g/mol. The molecule has 0 spiro atoms. The van der Waals surface area contributed by atoms with Crippen LogP contribution in [0.2, 0.25) is 0 Å². The van der Waals surface area contributed by atoms with E-state index in [-0.39, 0.29) is 5.91 Å². The fourth-order valence-electron chi connectivity index (χ4n) is 4.49. The second-order valence-corrected chi connectivity index (χ2v) is 7.66. The predicted molar refractivity (Wildman–Crippen MR) is 102 cm³/mol. The summed E-state index contributed by atoms with van der Waals surface area (Å²) in [5.41, 5.74) is 0.907. The quantitative estimate of drug-likeness (QED) is 0.919. The Kier molecular flexibility index (Phi) is 5.07. The number of carbonyl (C=O) groups excluding carboxylic acids is 1. The molecule has 26 heavy (non-hydrogen) atoms. The van der Waals surface area contributed by atoms with Gasteiger partial charge in [-0.15, -0.1) is 0 Å². The number of hydrogen-bond donors (Lipinski definition) is 1. The fourth-order valence-corrected chi connectivity index (χ4v) is 4.49. The van der Waals surface area contributed by atoms with Crippen molar-refractivity contribution in [3.05, 3.63) is 54.4 Å². The first-order chi connectivity index (χ1) is 12.8. The molecule has 5 nitrogen and oxygen atoms in total. The van der Waals surface area contributed by atoms with Gasteiger partial charge in [-0.25, -0.2) is 0 Å². The highest BCUT2D eigenvalue weighted by Gasteiger charge is 2.44. The first-order valence-corrected chi connectivity index (χ1v) is 9.82. The van der Waals surface area contributed by atoms with Crippen LogP contribution in [0.15, 0.2) is 48.8 Å². The van der Waals surface area contributed by atoms with E-state index in [9.17, 15) is 4.79 Å². The van der Waals surface area contributed by atoms with Crippen molar-refractivity contribution in [2.75, 3.05) is 26.2 Å². The molecule has 2 fully saturated rings. The van der Waals surface area contributed by atoms with E-state index in [1.54, 1.807) is 6.20 Å². The van der Waals surface area contributed by atoms with Gasteiger partial charge in [0.15, 0.2) is 0 Å². The number of nitrogens with zero attached hydrogens (tertiary/aromatic N) is 3. The van der Waals surface area contributed by atoms with Crippen LogP contribution in [0.3, 0.4) is 0 Å². The summed E-state index contributed by atoms with van der Waals surface area (Å²) in [6.07, 6.45) is 8.67. The summed E-state index contributed by atoms with van der Waals surface area (Å²) in [5.74, 6) is 0.941. The fraction of sp³-hybridized carbons (Fsp3) is 0.524. The lowest BCUT2D eigenvalue weighted by Crippen LogP contribution is -2.57. The minimum Gasteiger partial charge on any atom is -0.341 e. The number of carbonyl (C=O) groups is 1. The van der Waals surface area contributed by atoms with Crippen molar-refractivity contribution >= 4 is 5.91 Å². The van der Waals surface area contributed by atoms with Crippen molar-refractivity contribution in [3.63, 3.8) is 0 Å². The van der Waals surface area contributed by atoms with E-state index in [1.165, 1.54) is 5.56 Å². The molecule has 2 aromatic rings. The lowest BCUT2D eigenvalue weighted by atomic mass is 9.84. The van der Waals surface area contributed by atoms with Gasteiger partial charge in [0.2, 0.25) is 0 Å². The van der Waals surface area contributed by atoms with Gasteiger partial charge in [-0.1, -0.05) is 30.3 Å². The van der Waals surface area contributed by atoms with Crippen LogP contribution < -0.4 is 5.32 Å². The van der Waals surface area contributed by atoms with Gasteiger partial charge in [0.05, 0.1) is 0 Å². The Labute approximate surface area is 155 Å². The summed E-state index contributed by atoms with van der Waals surface area (Å²) in [5, 5.41) is 7.82. The summed E-state index contributed by atoms with van der Waals surface area (Å²) in [4.78, 5) is 15.6. The van der Waals surface area contributed by atoms with E-state index < -0.39 is 5.54 Å². The molecule has 1 aromatic heterocycles. The normalized spacial score (nSPS) is 20.8. The first kappa shape index (κ1) is 17.3. The standard InChI is InChI=1S/C21H28N4O/c26-20(21(9-12-22-13-10-21)25-14-4-11-23-25)24-15-7-19(8-16-24)17-18-5-2-1-3-6-18/h1-6,11,14,19,22H,7-10,12-13,15-17H2. The molecule has 0 radical (unpaired) electrons. The van der Waals surface area contributed by atoms with Gasteiger partial charge in [-0.3, -0.25) is 9.48 Å². The maximum absolute atomic E-state index is 13.5. The Balaban J connectivity index is 1.42. The zero-order chi connectivity index (χ0) is 17.8. The SMILES string of the molecule is O=C(N1CCC(Cc2ccccc2)CC1)C1(n2cccn2)CCNCC1. The van der Waals surface area contributed by atoms with Gasteiger partial charge in [-0.2, -0.15) is 5.10 Å². The molecule has 1 N–H and O–H groups in total. The molecule has 2 saturated heterocycles. The van der Waals surface area contributed by atoms with Gasteiger partial charge >= 0.3 is 0 Å². The smallest absolute Gasteiger partial charge is 0.250 e. The number of benzene rings is 1. The predicted octanol–water partition coefficient (Wildman–Crippen LogP) is 2.44. The number of nitrogens with one attached hydrogen (secondary N) is 1. The number of amides is 1. The number of hydrogen-bond acceptors (Lipinski definition) is 3. The highest BCUT2D eigenvalue weighted by molar-refractivity contribution is 5.84. The summed E-state index contributed by atoms with van der Waals surface area (Å²) >= 11 is 0. The van der Waals surface area contributed by atoms with Crippen molar-refractivity contribution in [1.29, 1.82) is 0 Å². The van der Waals surface area contributed by atoms with Crippen molar-refractivity contribution < 1.29 is 4.79 Å². The average molecular weight is 352 g/mol. The Morgan fingerprint density at radius 2 is 1.85 bits per heavy atom. The molecule has 0 saturated carbocycles. The zero-order valence-electron chi connectivity index (χ0n) is 15.3. The summed E-state index contributed by atoms with van der Waals surface area (Å²) < 4.78 is 1.91. The number of aromatic nitrogens is 2. The zero-order valence-corrected chi connectivity index (χ0v) is 15.3. The molecule has 0 unspecified atom stereocenters. The van der Waals surface area contributed by atoms with Crippen molar-refractivity contribution in [2.45, 2.75) is 37.6 Å². The molecule has 0 aliphatic carbocycles. The summed E-state index contributed by atoms with van der Waals surface area (Å²) in [6, 6.07) is 12.6. The second-order valence-electron chi connectivity index (χ2n) is 7.66. The lowest BCUT2D eigenvalue weighted by Gasteiger charge is -2.42. The topological polar surface area (TPSA) is 50.2 Å². The van der Waals surface area contributed by atoms with Crippen LogP contribution in [-0.2, 0) is 16.8 Å². The highest BCUT2D eigenvalue weighted by atomic mass is 16.2. The third-order valence-electron chi connectivity index (χ3n) is 6.04. The summed E-state index contributed by atoms with van der Waals surface area (Å²) in [6.45, 7) is 3.48. The third-order valence-corrected chi connectivity index (χ3v) is 6.04. The van der Waals surface area contributed by atoms with E-state index in [2.05, 4.69) is 45.6 Å². The maximum atomic E-state index is 13.5. The molecule has 4 rings (SSSR count). The molecule has 1 aromatic carbocycles. The Morgan fingerprint density at radius 1 is 1.12 bits per heavy atom. The van der Waals surface area contributed by atoms with Crippen LogP contribution >= 0.6 is 0 Å². The van der Waals surface area contributed by atoms with Gasteiger partial charge in [0.1, 0.15) is 5.54 Å². The van der Waals surface area contributed by atoms with Gasteiger partial charge in [0, 0.05) is 25.5 Å². The van der Waals surface area contributed by atoms with E-state index in [1.807, 2.05) is 16.9 Å². The van der Waals surface area contributed by atoms with E-state index >= 15 is 0 Å². The lowest BCUT2D eigenvalue weighted by molar-refractivity contribution is -0.144. The van der Waals surface area contributed by atoms with Crippen molar-refractivity contribution in [1.82, 2.24) is 20.0 Å². The molecule has 138 valence electrons. The van der Waals surface area contributed by atoms with Gasteiger partial charge in [-0.05, 0) is 62.7 Å². The summed E-state index contributed by atoms with van der Waals surface area (Å²) in [7, 11) is 0. The molecular formula is C21H28N4O. The second kappa shape index (κ2) is 7.62. The molecular weight excluding hydrogens is 324 g/mol. The Hall–Kier alpha value is -2.14. The van der Waals surface area contributed by atoms with Gasteiger partial charge in [0.25, 0.3) is 5.91 Å². The molecule has 0 atom stereocenters. The molecule has 0 bridgehead atoms. The van der Waals surface area contributed by atoms with Crippen LogP contribution in [0.4, 0.5) is 0 Å². The van der Waals surface area contributed by atoms with Crippen LogP contribution in [-0.4, -0.2) is 46.8 Å². The molecule has 2 aliphatic heterocycles. The molecule has 1 amide bonds. The Bertz CT molecular complexity index is 699. The van der Waals surface area contributed by atoms with E-state index in [4.69, 9.17) is 0 Å². The highest BCUT2D eigenvalue weighted by Crippen LogP contribution is 2.31. The minimum atomic E-state index is -0.499. The number of piperidine rings is 2. The first-order valence-electron chi connectivity index (χ1n) is 9.82. The third kappa shape index (κ3) is 3.40. The molecule has 3 heterocycles. The number of likely N-dealkylation sites (tertiary alicyclic amines) is 1. The van der Waals surface area contributed by atoms with Crippen molar-refractivity contribution in [3.8, 4) is 0 Å². The molecule has 2 aliphatic rings.